The number of thioether (sulfide) groups is 1. The van der Waals surface area contributed by atoms with Crippen LogP contribution >= 0.6 is 11.8 Å². The maximum Gasteiger partial charge on any atom is -0.00209 e. The molecule has 3 atom stereocenters. The maximum atomic E-state index is 3.39. The molecule has 96 valence electrons. The normalized spacial score (nSPS) is 30.6. The second kappa shape index (κ2) is 8.41. The first-order chi connectivity index (χ1) is 7.81. The molecule has 0 aromatic carbocycles. The molecule has 1 nitrogen and oxygen atoms in total. The Bertz CT molecular complexity index is 172. The third kappa shape index (κ3) is 4.67. The third-order valence-electron chi connectivity index (χ3n) is 4.22. The van der Waals surface area contributed by atoms with Gasteiger partial charge in [0.1, 0.15) is 0 Å². The van der Waals surface area contributed by atoms with Gasteiger partial charge in [-0.05, 0) is 69.0 Å². The van der Waals surface area contributed by atoms with Crippen LogP contribution in [0.3, 0.4) is 0 Å². The second-order valence-corrected chi connectivity index (χ2v) is 6.29. The molecule has 1 rings (SSSR count). The molecular formula is C14H29NS. The highest BCUT2D eigenvalue weighted by molar-refractivity contribution is 7.98. The molecule has 1 saturated carbocycles. The zero-order valence-corrected chi connectivity index (χ0v) is 12.1. The smallest absolute Gasteiger partial charge is 0.00209 e. The van der Waals surface area contributed by atoms with E-state index in [2.05, 4.69) is 25.5 Å². The van der Waals surface area contributed by atoms with E-state index in [1.54, 1.807) is 0 Å². The molecule has 0 radical (unpaired) electrons. The van der Waals surface area contributed by atoms with Gasteiger partial charge in [0.15, 0.2) is 0 Å². The Labute approximate surface area is 106 Å². The van der Waals surface area contributed by atoms with E-state index in [-0.39, 0.29) is 0 Å². The van der Waals surface area contributed by atoms with E-state index in [1.807, 2.05) is 11.8 Å². The summed E-state index contributed by atoms with van der Waals surface area (Å²) in [7, 11) is 2.10. The molecule has 0 aromatic rings. The lowest BCUT2D eigenvalue weighted by molar-refractivity contribution is 0.164. The van der Waals surface area contributed by atoms with Crippen molar-refractivity contribution in [3.63, 3.8) is 0 Å². The summed E-state index contributed by atoms with van der Waals surface area (Å²) in [6, 6.07) is 0. The topological polar surface area (TPSA) is 12.0 Å². The summed E-state index contributed by atoms with van der Waals surface area (Å²) in [6.45, 7) is 3.60. The fourth-order valence-corrected chi connectivity index (χ4v) is 3.62. The number of hydrogen-bond donors (Lipinski definition) is 1. The predicted octanol–water partition coefficient (Wildman–Crippen LogP) is 3.79. The van der Waals surface area contributed by atoms with Gasteiger partial charge in [0.25, 0.3) is 0 Å². The minimum Gasteiger partial charge on any atom is -0.319 e. The molecule has 1 fully saturated rings. The summed E-state index contributed by atoms with van der Waals surface area (Å²) in [6.07, 6.45) is 10.9. The van der Waals surface area contributed by atoms with E-state index in [9.17, 15) is 0 Å². The molecule has 0 bridgehead atoms. The van der Waals surface area contributed by atoms with Crippen molar-refractivity contribution in [1.82, 2.24) is 5.32 Å². The van der Waals surface area contributed by atoms with Crippen molar-refractivity contribution in [3.05, 3.63) is 0 Å². The molecule has 0 saturated heterocycles. The lowest BCUT2D eigenvalue weighted by Crippen LogP contribution is -2.31. The minimum absolute atomic E-state index is 0.953. The summed E-state index contributed by atoms with van der Waals surface area (Å²) in [4.78, 5) is 0. The van der Waals surface area contributed by atoms with Gasteiger partial charge < -0.3 is 5.32 Å². The quantitative estimate of drug-likeness (QED) is 0.683. The Kier molecular flexibility index (Phi) is 7.55. The van der Waals surface area contributed by atoms with Gasteiger partial charge >= 0.3 is 0 Å². The van der Waals surface area contributed by atoms with Gasteiger partial charge in [-0.2, -0.15) is 11.8 Å². The number of hydrogen-bond acceptors (Lipinski definition) is 2. The Morgan fingerprint density at radius 2 is 2.06 bits per heavy atom. The van der Waals surface area contributed by atoms with Crippen molar-refractivity contribution in [2.75, 3.05) is 25.6 Å². The molecule has 0 heterocycles. The van der Waals surface area contributed by atoms with E-state index >= 15 is 0 Å². The van der Waals surface area contributed by atoms with Crippen molar-refractivity contribution < 1.29 is 0 Å². The summed E-state index contributed by atoms with van der Waals surface area (Å²) in [5.74, 6) is 4.32. The molecular weight excluding hydrogens is 214 g/mol. The van der Waals surface area contributed by atoms with Crippen molar-refractivity contribution in [2.24, 2.45) is 17.8 Å². The molecule has 1 aliphatic carbocycles. The lowest BCUT2D eigenvalue weighted by atomic mass is 9.71. The first-order valence-electron chi connectivity index (χ1n) is 6.95. The molecule has 1 aliphatic rings. The first kappa shape index (κ1) is 14.4. The van der Waals surface area contributed by atoms with Crippen LogP contribution in [0.15, 0.2) is 0 Å². The van der Waals surface area contributed by atoms with E-state index in [0.717, 1.165) is 17.8 Å². The van der Waals surface area contributed by atoms with Crippen LogP contribution in [0.5, 0.6) is 0 Å². The molecule has 2 heteroatoms. The summed E-state index contributed by atoms with van der Waals surface area (Å²) in [5, 5.41) is 3.39. The van der Waals surface area contributed by atoms with Crippen molar-refractivity contribution in [2.45, 2.75) is 45.4 Å². The second-order valence-electron chi connectivity index (χ2n) is 5.30. The average Bonchev–Trinajstić information content (AvgIpc) is 2.31. The zero-order chi connectivity index (χ0) is 11.8. The van der Waals surface area contributed by atoms with E-state index < -0.39 is 0 Å². The SMILES string of the molecule is CCC1CCC(CNC)C(CCCSC)C1. The first-order valence-corrected chi connectivity index (χ1v) is 8.34. The highest BCUT2D eigenvalue weighted by Gasteiger charge is 2.28. The van der Waals surface area contributed by atoms with Crippen molar-refractivity contribution >= 4 is 11.8 Å². The van der Waals surface area contributed by atoms with Crippen LogP contribution in [-0.2, 0) is 0 Å². The van der Waals surface area contributed by atoms with Crippen LogP contribution in [0.25, 0.3) is 0 Å². The van der Waals surface area contributed by atoms with Crippen LogP contribution in [0.4, 0.5) is 0 Å². The highest BCUT2D eigenvalue weighted by Crippen LogP contribution is 2.37. The largest absolute Gasteiger partial charge is 0.319 e. The molecule has 0 aliphatic heterocycles. The Hall–Kier alpha value is 0.310. The van der Waals surface area contributed by atoms with Crippen molar-refractivity contribution in [3.8, 4) is 0 Å². The van der Waals surface area contributed by atoms with Crippen LogP contribution in [0, 0.1) is 17.8 Å². The molecule has 0 aromatic heterocycles. The van der Waals surface area contributed by atoms with Gasteiger partial charge in [-0.25, -0.2) is 0 Å². The Morgan fingerprint density at radius 3 is 2.69 bits per heavy atom. The van der Waals surface area contributed by atoms with Crippen LogP contribution < -0.4 is 5.32 Å². The highest BCUT2D eigenvalue weighted by atomic mass is 32.2. The van der Waals surface area contributed by atoms with Gasteiger partial charge in [-0.1, -0.05) is 19.8 Å². The summed E-state index contributed by atoms with van der Waals surface area (Å²) < 4.78 is 0. The summed E-state index contributed by atoms with van der Waals surface area (Å²) in [5.41, 5.74) is 0. The minimum atomic E-state index is 0.953. The van der Waals surface area contributed by atoms with E-state index in [1.165, 1.54) is 50.8 Å². The van der Waals surface area contributed by atoms with Gasteiger partial charge in [0.2, 0.25) is 0 Å². The third-order valence-corrected chi connectivity index (χ3v) is 4.91. The molecule has 1 N–H and O–H groups in total. The van der Waals surface area contributed by atoms with E-state index in [4.69, 9.17) is 0 Å². The molecule has 0 amide bonds. The van der Waals surface area contributed by atoms with Crippen LogP contribution in [0.2, 0.25) is 0 Å². The molecule has 16 heavy (non-hydrogen) atoms. The van der Waals surface area contributed by atoms with Gasteiger partial charge in [0.05, 0.1) is 0 Å². The van der Waals surface area contributed by atoms with Crippen molar-refractivity contribution in [1.29, 1.82) is 0 Å². The summed E-state index contributed by atoms with van der Waals surface area (Å²) >= 11 is 2.00. The number of nitrogens with one attached hydrogen (secondary N) is 1. The Morgan fingerprint density at radius 1 is 1.25 bits per heavy atom. The standard InChI is InChI=1S/C14H29NS/c1-4-12-7-8-14(11-15-2)13(10-12)6-5-9-16-3/h12-15H,4-11H2,1-3H3. The van der Waals surface area contributed by atoms with E-state index in [0.29, 0.717) is 0 Å². The lowest BCUT2D eigenvalue weighted by Gasteiger charge is -2.36. The Balaban J connectivity index is 2.37. The van der Waals surface area contributed by atoms with Gasteiger partial charge in [-0.3, -0.25) is 0 Å². The molecule has 0 spiro atoms. The van der Waals surface area contributed by atoms with Crippen LogP contribution in [0.1, 0.15) is 45.4 Å². The monoisotopic (exact) mass is 243 g/mol. The maximum absolute atomic E-state index is 3.39. The van der Waals surface area contributed by atoms with Crippen LogP contribution in [-0.4, -0.2) is 25.6 Å². The number of rotatable bonds is 7. The van der Waals surface area contributed by atoms with Gasteiger partial charge in [-0.15, -0.1) is 0 Å². The fraction of sp³-hybridized carbons (Fsp3) is 1.00. The molecule has 3 unspecified atom stereocenters. The predicted molar refractivity (Wildman–Crippen MR) is 76.2 cm³/mol. The van der Waals surface area contributed by atoms with Gasteiger partial charge in [0, 0.05) is 0 Å². The average molecular weight is 243 g/mol. The zero-order valence-electron chi connectivity index (χ0n) is 11.3. The fourth-order valence-electron chi connectivity index (χ4n) is 3.17.